The Morgan fingerprint density at radius 2 is 2.10 bits per heavy atom. The maximum atomic E-state index is 13.5. The van der Waals surface area contributed by atoms with Crippen LogP contribution in [-0.4, -0.2) is 25.0 Å². The zero-order chi connectivity index (χ0) is 14.5. The molecule has 3 nitrogen and oxygen atoms in total. The van der Waals surface area contributed by atoms with E-state index in [9.17, 15) is 13.6 Å². The fourth-order valence-corrected chi connectivity index (χ4v) is 2.75. The fourth-order valence-electron chi connectivity index (χ4n) is 2.75. The lowest BCUT2D eigenvalue weighted by Gasteiger charge is -2.32. The molecule has 0 saturated carbocycles. The van der Waals surface area contributed by atoms with Crippen molar-refractivity contribution in [2.45, 2.75) is 32.2 Å². The zero-order valence-electron chi connectivity index (χ0n) is 11.6. The number of rotatable bonds is 4. The van der Waals surface area contributed by atoms with E-state index in [0.717, 1.165) is 37.9 Å². The summed E-state index contributed by atoms with van der Waals surface area (Å²) in [4.78, 5) is 11.9. The molecule has 1 heterocycles. The molecule has 2 unspecified atom stereocenters. The Labute approximate surface area is 117 Å². The summed E-state index contributed by atoms with van der Waals surface area (Å²) < 4.78 is 27.0. The van der Waals surface area contributed by atoms with E-state index in [1.54, 1.807) is 0 Å². The monoisotopic (exact) mass is 282 g/mol. The van der Waals surface area contributed by atoms with E-state index >= 15 is 0 Å². The van der Waals surface area contributed by atoms with Crippen molar-refractivity contribution in [1.29, 1.82) is 0 Å². The van der Waals surface area contributed by atoms with Gasteiger partial charge in [0.1, 0.15) is 17.2 Å². The van der Waals surface area contributed by atoms with Gasteiger partial charge in [0.05, 0.1) is 0 Å². The first-order chi connectivity index (χ1) is 9.63. The maximum Gasteiger partial charge on any atom is 0.257 e. The van der Waals surface area contributed by atoms with Crippen molar-refractivity contribution in [3.63, 3.8) is 0 Å². The Hall–Kier alpha value is -1.49. The Morgan fingerprint density at radius 1 is 1.40 bits per heavy atom. The Morgan fingerprint density at radius 3 is 2.75 bits per heavy atom. The molecule has 0 spiro atoms. The number of halogens is 2. The van der Waals surface area contributed by atoms with Gasteiger partial charge in [-0.05, 0) is 37.4 Å². The maximum absolute atomic E-state index is 13.5. The first-order valence-corrected chi connectivity index (χ1v) is 7.09. The Kier molecular flexibility index (Phi) is 5.06. The summed E-state index contributed by atoms with van der Waals surface area (Å²) in [5.74, 6) is -1.85. The molecule has 20 heavy (non-hydrogen) atoms. The highest BCUT2D eigenvalue weighted by Gasteiger charge is 2.24. The van der Waals surface area contributed by atoms with Gasteiger partial charge in [-0.25, -0.2) is 8.78 Å². The number of benzene rings is 1. The minimum Gasteiger partial charge on any atom is -0.350 e. The summed E-state index contributed by atoms with van der Waals surface area (Å²) in [5.41, 5.74) is -0.503. The van der Waals surface area contributed by atoms with Crippen LogP contribution in [0.4, 0.5) is 8.78 Å². The lowest BCUT2D eigenvalue weighted by molar-refractivity contribution is 0.0933. The van der Waals surface area contributed by atoms with Crippen molar-refractivity contribution in [3.05, 3.63) is 35.4 Å². The number of carbonyl (C=O) groups is 1. The third-order valence-electron chi connectivity index (χ3n) is 3.92. The van der Waals surface area contributed by atoms with Crippen LogP contribution in [0.5, 0.6) is 0 Å². The molecule has 1 aliphatic rings. The highest BCUT2D eigenvalue weighted by atomic mass is 19.1. The van der Waals surface area contributed by atoms with Gasteiger partial charge in [-0.3, -0.25) is 4.79 Å². The van der Waals surface area contributed by atoms with E-state index in [-0.39, 0.29) is 6.04 Å². The van der Waals surface area contributed by atoms with Gasteiger partial charge >= 0.3 is 0 Å². The van der Waals surface area contributed by atoms with Crippen LogP contribution in [0.25, 0.3) is 0 Å². The summed E-state index contributed by atoms with van der Waals surface area (Å²) in [6.07, 6.45) is 3.28. The second-order valence-electron chi connectivity index (χ2n) is 5.18. The van der Waals surface area contributed by atoms with Gasteiger partial charge in [0.2, 0.25) is 0 Å². The summed E-state index contributed by atoms with van der Waals surface area (Å²) in [5, 5.41) is 5.99. The van der Waals surface area contributed by atoms with E-state index in [2.05, 4.69) is 17.6 Å². The first kappa shape index (κ1) is 14.9. The van der Waals surface area contributed by atoms with E-state index < -0.39 is 23.1 Å². The van der Waals surface area contributed by atoms with Crippen LogP contribution >= 0.6 is 0 Å². The molecule has 2 N–H and O–H groups in total. The molecule has 1 amide bonds. The molecule has 110 valence electrons. The van der Waals surface area contributed by atoms with Crippen molar-refractivity contribution >= 4 is 5.91 Å². The number of amides is 1. The molecular weight excluding hydrogens is 262 g/mol. The highest BCUT2D eigenvalue weighted by molar-refractivity contribution is 5.94. The molecule has 1 aromatic rings. The summed E-state index contributed by atoms with van der Waals surface area (Å²) in [6, 6.07) is 3.60. The van der Waals surface area contributed by atoms with Crippen molar-refractivity contribution in [1.82, 2.24) is 10.6 Å². The van der Waals surface area contributed by atoms with Crippen molar-refractivity contribution in [2.75, 3.05) is 13.1 Å². The fraction of sp³-hybridized carbons (Fsp3) is 0.533. The minimum atomic E-state index is -0.828. The quantitative estimate of drug-likeness (QED) is 0.890. The summed E-state index contributed by atoms with van der Waals surface area (Å²) >= 11 is 0. The van der Waals surface area contributed by atoms with Crippen LogP contribution in [-0.2, 0) is 0 Å². The summed E-state index contributed by atoms with van der Waals surface area (Å²) in [7, 11) is 0. The van der Waals surface area contributed by atoms with Gasteiger partial charge in [-0.15, -0.1) is 0 Å². The smallest absolute Gasteiger partial charge is 0.257 e. The predicted molar refractivity (Wildman–Crippen MR) is 73.5 cm³/mol. The molecule has 5 heteroatoms. The van der Waals surface area contributed by atoms with Crippen molar-refractivity contribution in [3.8, 4) is 0 Å². The van der Waals surface area contributed by atoms with Crippen molar-refractivity contribution < 1.29 is 13.6 Å². The van der Waals surface area contributed by atoms with Crippen LogP contribution in [0, 0.1) is 17.6 Å². The second-order valence-corrected chi connectivity index (χ2v) is 5.18. The highest BCUT2D eigenvalue weighted by Crippen LogP contribution is 2.19. The van der Waals surface area contributed by atoms with E-state index in [1.807, 2.05) is 0 Å². The van der Waals surface area contributed by atoms with Gasteiger partial charge in [-0.1, -0.05) is 19.4 Å². The number of piperidine rings is 1. The van der Waals surface area contributed by atoms with E-state index in [4.69, 9.17) is 0 Å². The molecule has 2 rings (SSSR count). The lowest BCUT2D eigenvalue weighted by Crippen LogP contribution is -2.48. The average molecular weight is 282 g/mol. The number of carbonyl (C=O) groups excluding carboxylic acids is 1. The zero-order valence-corrected chi connectivity index (χ0v) is 11.6. The Balaban J connectivity index is 1.98. The second kappa shape index (κ2) is 6.79. The largest absolute Gasteiger partial charge is 0.350 e. The molecule has 1 fully saturated rings. The molecule has 0 bridgehead atoms. The van der Waals surface area contributed by atoms with Gasteiger partial charge in [0, 0.05) is 12.6 Å². The Bertz CT molecular complexity index is 459. The number of hydrogen-bond acceptors (Lipinski definition) is 2. The minimum absolute atomic E-state index is 0.174. The third-order valence-corrected chi connectivity index (χ3v) is 3.92. The summed E-state index contributed by atoms with van der Waals surface area (Å²) in [6.45, 7) is 3.43. The van der Waals surface area contributed by atoms with E-state index in [1.165, 1.54) is 6.07 Å². The molecule has 0 aromatic heterocycles. The van der Waals surface area contributed by atoms with Gasteiger partial charge < -0.3 is 10.6 Å². The molecule has 1 aromatic carbocycles. The molecule has 2 atom stereocenters. The van der Waals surface area contributed by atoms with Crippen LogP contribution in [0.2, 0.25) is 0 Å². The lowest BCUT2D eigenvalue weighted by atomic mass is 9.88. The van der Waals surface area contributed by atoms with Crippen molar-refractivity contribution in [2.24, 2.45) is 5.92 Å². The number of nitrogens with one attached hydrogen (secondary N) is 2. The molecule has 0 aliphatic carbocycles. The van der Waals surface area contributed by atoms with Gasteiger partial charge in [-0.2, -0.15) is 0 Å². The molecular formula is C15H20F2N2O. The molecule has 0 radical (unpaired) electrons. The third kappa shape index (κ3) is 3.33. The molecule has 1 aliphatic heterocycles. The van der Waals surface area contributed by atoms with Crippen LogP contribution in [0.15, 0.2) is 18.2 Å². The van der Waals surface area contributed by atoms with Crippen LogP contribution < -0.4 is 10.6 Å². The SMILES string of the molecule is CCC1CCCNC1CNC(=O)c1c(F)cccc1F. The molecule has 1 saturated heterocycles. The topological polar surface area (TPSA) is 41.1 Å². The normalized spacial score (nSPS) is 22.6. The van der Waals surface area contributed by atoms with Gasteiger partial charge in [0.15, 0.2) is 0 Å². The first-order valence-electron chi connectivity index (χ1n) is 7.09. The predicted octanol–water partition coefficient (Wildman–Crippen LogP) is 2.47. The number of hydrogen-bond donors (Lipinski definition) is 2. The van der Waals surface area contributed by atoms with Crippen LogP contribution in [0.3, 0.4) is 0 Å². The average Bonchev–Trinajstić information content (AvgIpc) is 2.45. The van der Waals surface area contributed by atoms with Crippen LogP contribution in [0.1, 0.15) is 36.5 Å². The standard InChI is InChI=1S/C15H20F2N2O/c1-2-10-5-4-8-18-13(10)9-19-15(20)14-11(16)6-3-7-12(14)17/h3,6-7,10,13,18H,2,4-5,8-9H2,1H3,(H,19,20). The van der Waals surface area contributed by atoms with Gasteiger partial charge in [0.25, 0.3) is 5.91 Å². The van der Waals surface area contributed by atoms with E-state index in [0.29, 0.717) is 12.5 Å².